The summed E-state index contributed by atoms with van der Waals surface area (Å²) in [5, 5.41) is 21.6. The average Bonchev–Trinajstić information content (AvgIpc) is 2.88. The third kappa shape index (κ3) is 3.00. The van der Waals surface area contributed by atoms with E-state index in [9.17, 15) is 4.79 Å². The molecule has 2 aromatic carbocycles. The number of aromatic carboxylic acids is 1. The topological polar surface area (TPSA) is 106 Å². The van der Waals surface area contributed by atoms with Gasteiger partial charge >= 0.3 is 5.97 Å². The Morgan fingerprint density at radius 1 is 1.12 bits per heavy atom. The molecule has 0 atom stereocenters. The first-order chi connectivity index (χ1) is 11.6. The maximum Gasteiger partial charge on any atom is 0.335 e. The zero-order valence-electron chi connectivity index (χ0n) is 12.9. The first-order valence-corrected chi connectivity index (χ1v) is 7.22. The molecule has 0 aliphatic heterocycles. The van der Waals surface area contributed by atoms with Gasteiger partial charge in [-0.2, -0.15) is 10.2 Å². The van der Waals surface area contributed by atoms with Gasteiger partial charge in [0.05, 0.1) is 22.6 Å². The molecule has 0 aliphatic rings. The summed E-state index contributed by atoms with van der Waals surface area (Å²) >= 11 is 0. The van der Waals surface area contributed by atoms with Crippen LogP contribution in [-0.2, 0) is 0 Å². The monoisotopic (exact) mass is 321 g/mol. The van der Waals surface area contributed by atoms with Crippen molar-refractivity contribution in [3.63, 3.8) is 0 Å². The first kappa shape index (κ1) is 15.4. The summed E-state index contributed by atoms with van der Waals surface area (Å²) in [7, 11) is 0. The van der Waals surface area contributed by atoms with Crippen molar-refractivity contribution in [1.29, 1.82) is 0 Å². The molecule has 120 valence electrons. The van der Waals surface area contributed by atoms with E-state index in [1.54, 1.807) is 23.7 Å². The van der Waals surface area contributed by atoms with Gasteiger partial charge in [0, 0.05) is 0 Å². The number of para-hydroxylation sites is 1. The molecule has 0 unspecified atom stereocenters. The number of hydrogen-bond acceptors (Lipinski definition) is 5. The Kier molecular flexibility index (Phi) is 4.07. The molecule has 0 bridgehead atoms. The molecule has 0 fully saturated rings. The number of benzene rings is 2. The largest absolute Gasteiger partial charge is 0.478 e. The van der Waals surface area contributed by atoms with Crippen LogP contribution in [0, 0.1) is 6.92 Å². The predicted molar refractivity (Wildman–Crippen MR) is 90.3 cm³/mol. The molecular formula is C17H15N5O2. The van der Waals surface area contributed by atoms with E-state index in [1.165, 1.54) is 12.1 Å². The van der Waals surface area contributed by atoms with Crippen molar-refractivity contribution < 1.29 is 9.90 Å². The van der Waals surface area contributed by atoms with Crippen LogP contribution in [0.25, 0.3) is 5.69 Å². The highest BCUT2D eigenvalue weighted by molar-refractivity contribution is 5.88. The minimum atomic E-state index is -1.01. The molecular weight excluding hydrogens is 306 g/mol. The number of azo groups is 1. The summed E-state index contributed by atoms with van der Waals surface area (Å²) in [5.41, 5.74) is 8.63. The van der Waals surface area contributed by atoms with Crippen molar-refractivity contribution in [3.05, 3.63) is 65.9 Å². The molecule has 7 nitrogen and oxygen atoms in total. The smallest absolute Gasteiger partial charge is 0.335 e. The zero-order chi connectivity index (χ0) is 17.1. The quantitative estimate of drug-likeness (QED) is 0.711. The highest BCUT2D eigenvalue weighted by Gasteiger charge is 2.13. The minimum absolute atomic E-state index is 0.149. The molecule has 0 aliphatic carbocycles. The van der Waals surface area contributed by atoms with Crippen molar-refractivity contribution in [2.75, 3.05) is 5.73 Å². The van der Waals surface area contributed by atoms with Crippen LogP contribution in [0.1, 0.15) is 16.1 Å². The molecule has 3 rings (SSSR count). The summed E-state index contributed by atoms with van der Waals surface area (Å²) < 4.78 is 1.59. The number of aromatic nitrogens is 2. The van der Waals surface area contributed by atoms with Gasteiger partial charge in [-0.1, -0.05) is 24.3 Å². The number of aryl methyl sites for hydroxylation is 1. The molecule has 0 radical (unpaired) electrons. The van der Waals surface area contributed by atoms with Gasteiger partial charge in [-0.25, -0.2) is 9.48 Å². The molecule has 7 heteroatoms. The highest BCUT2D eigenvalue weighted by Crippen LogP contribution is 2.30. The van der Waals surface area contributed by atoms with E-state index < -0.39 is 5.97 Å². The summed E-state index contributed by atoms with van der Waals surface area (Å²) in [6.07, 6.45) is 0. The van der Waals surface area contributed by atoms with E-state index >= 15 is 0 Å². The standard InChI is InChI=1S/C17H15N5O2/c1-11-15(16(18)22(21-11)14-8-3-2-4-9-14)20-19-13-7-5-6-12(10-13)17(23)24/h2-10H,18H2,1H3,(H,23,24). The van der Waals surface area contributed by atoms with Gasteiger partial charge in [0.2, 0.25) is 0 Å². The third-order valence-corrected chi connectivity index (χ3v) is 3.42. The van der Waals surface area contributed by atoms with Gasteiger partial charge in [-0.05, 0) is 37.3 Å². The van der Waals surface area contributed by atoms with Gasteiger partial charge in [0.1, 0.15) is 0 Å². The summed E-state index contributed by atoms with van der Waals surface area (Å²) in [4.78, 5) is 11.0. The Bertz CT molecular complexity index is 916. The number of rotatable bonds is 4. The summed E-state index contributed by atoms with van der Waals surface area (Å²) in [5.74, 6) is -0.642. The Labute approximate surface area is 138 Å². The van der Waals surface area contributed by atoms with Gasteiger partial charge in [0.15, 0.2) is 11.5 Å². The third-order valence-electron chi connectivity index (χ3n) is 3.42. The Hall–Kier alpha value is -3.48. The number of nitrogen functional groups attached to an aromatic ring is 1. The minimum Gasteiger partial charge on any atom is -0.478 e. The average molecular weight is 321 g/mol. The van der Waals surface area contributed by atoms with Gasteiger partial charge in [-0.3, -0.25) is 0 Å². The maximum absolute atomic E-state index is 11.0. The van der Waals surface area contributed by atoms with Crippen LogP contribution in [0.4, 0.5) is 17.2 Å². The molecule has 24 heavy (non-hydrogen) atoms. The van der Waals surface area contributed by atoms with Crippen LogP contribution in [0.3, 0.4) is 0 Å². The van der Waals surface area contributed by atoms with Gasteiger partial charge < -0.3 is 10.8 Å². The van der Waals surface area contributed by atoms with Crippen LogP contribution in [0.15, 0.2) is 64.8 Å². The highest BCUT2D eigenvalue weighted by atomic mass is 16.4. The summed E-state index contributed by atoms with van der Waals surface area (Å²) in [6.45, 7) is 1.79. The van der Waals surface area contributed by atoms with E-state index in [1.807, 2.05) is 30.3 Å². The van der Waals surface area contributed by atoms with E-state index in [0.717, 1.165) is 5.69 Å². The molecule has 0 spiro atoms. The fraction of sp³-hybridized carbons (Fsp3) is 0.0588. The second kappa shape index (κ2) is 6.33. The fourth-order valence-corrected chi connectivity index (χ4v) is 2.24. The van der Waals surface area contributed by atoms with Crippen molar-refractivity contribution in [1.82, 2.24) is 9.78 Å². The van der Waals surface area contributed by atoms with E-state index in [4.69, 9.17) is 10.8 Å². The molecule has 3 aromatic rings. The van der Waals surface area contributed by atoms with Crippen LogP contribution < -0.4 is 5.73 Å². The van der Waals surface area contributed by atoms with E-state index in [0.29, 0.717) is 22.9 Å². The number of carboxylic acids is 1. The maximum atomic E-state index is 11.0. The zero-order valence-corrected chi connectivity index (χ0v) is 12.9. The second-order valence-corrected chi connectivity index (χ2v) is 5.12. The van der Waals surface area contributed by atoms with E-state index in [-0.39, 0.29) is 5.56 Å². The van der Waals surface area contributed by atoms with Crippen molar-refractivity contribution >= 4 is 23.2 Å². The molecule has 1 heterocycles. The summed E-state index contributed by atoms with van der Waals surface area (Å²) in [6, 6.07) is 15.7. The number of nitrogens with zero attached hydrogens (tertiary/aromatic N) is 4. The molecule has 0 amide bonds. The number of nitrogens with two attached hydrogens (primary N) is 1. The van der Waals surface area contributed by atoms with Gasteiger partial charge in [-0.15, -0.1) is 5.11 Å². The van der Waals surface area contributed by atoms with Crippen LogP contribution in [0.2, 0.25) is 0 Å². The lowest BCUT2D eigenvalue weighted by atomic mass is 10.2. The number of carboxylic acid groups (broad SMARTS) is 1. The van der Waals surface area contributed by atoms with Crippen molar-refractivity contribution in [2.24, 2.45) is 10.2 Å². The fourth-order valence-electron chi connectivity index (χ4n) is 2.24. The number of hydrogen-bond donors (Lipinski definition) is 2. The van der Waals surface area contributed by atoms with Crippen LogP contribution >= 0.6 is 0 Å². The predicted octanol–water partition coefficient (Wildman–Crippen LogP) is 3.88. The van der Waals surface area contributed by atoms with Crippen molar-refractivity contribution in [2.45, 2.75) is 6.92 Å². The van der Waals surface area contributed by atoms with Crippen LogP contribution in [-0.4, -0.2) is 20.9 Å². The second-order valence-electron chi connectivity index (χ2n) is 5.12. The SMILES string of the molecule is Cc1nn(-c2ccccc2)c(N)c1N=Nc1cccc(C(=O)O)c1. The molecule has 0 saturated carbocycles. The molecule has 1 aromatic heterocycles. The van der Waals surface area contributed by atoms with E-state index in [2.05, 4.69) is 15.3 Å². The van der Waals surface area contributed by atoms with Crippen molar-refractivity contribution in [3.8, 4) is 5.69 Å². The van der Waals surface area contributed by atoms with Gasteiger partial charge in [0.25, 0.3) is 0 Å². The Balaban J connectivity index is 1.95. The molecule has 0 saturated heterocycles. The normalized spacial score (nSPS) is 11.0. The number of anilines is 1. The Morgan fingerprint density at radius 3 is 2.58 bits per heavy atom. The lowest BCUT2D eigenvalue weighted by Crippen LogP contribution is -2.01. The molecule has 3 N–H and O–H groups in total. The lowest BCUT2D eigenvalue weighted by Gasteiger charge is -2.02. The number of carbonyl (C=O) groups is 1. The Morgan fingerprint density at radius 2 is 1.88 bits per heavy atom. The lowest BCUT2D eigenvalue weighted by molar-refractivity contribution is 0.0697. The first-order valence-electron chi connectivity index (χ1n) is 7.22. The van der Waals surface area contributed by atoms with Crippen LogP contribution in [0.5, 0.6) is 0 Å².